The van der Waals surface area contributed by atoms with Crippen molar-refractivity contribution < 1.29 is 24.3 Å². The van der Waals surface area contributed by atoms with E-state index in [9.17, 15) is 24.3 Å². The maximum absolute atomic E-state index is 12.7. The summed E-state index contributed by atoms with van der Waals surface area (Å²) in [7, 11) is 0. The van der Waals surface area contributed by atoms with Gasteiger partial charge in [-0.1, -0.05) is 20.3 Å². The van der Waals surface area contributed by atoms with E-state index in [-0.39, 0.29) is 18.9 Å². The first-order chi connectivity index (χ1) is 14.7. The van der Waals surface area contributed by atoms with Crippen LogP contribution in [0.2, 0.25) is 0 Å². The maximum atomic E-state index is 12.7. The molecule has 1 aromatic heterocycles. The predicted molar refractivity (Wildman–Crippen MR) is 117 cm³/mol. The number of amides is 3. The molecule has 7 N–H and O–H groups in total. The molecule has 11 nitrogen and oxygen atoms in total. The highest BCUT2D eigenvalue weighted by Gasteiger charge is 2.27. The van der Waals surface area contributed by atoms with E-state index >= 15 is 0 Å². The molecule has 0 aliphatic heterocycles. The summed E-state index contributed by atoms with van der Waals surface area (Å²) in [6.07, 6.45) is 5.79. The number of aromatic amines is 1. The van der Waals surface area contributed by atoms with Crippen molar-refractivity contribution in [3.63, 3.8) is 0 Å². The number of carboxylic acid groups (broad SMARTS) is 1. The third kappa shape index (κ3) is 9.39. The lowest BCUT2D eigenvalue weighted by Gasteiger charge is -2.22. The monoisotopic (exact) mass is 456 g/mol. The summed E-state index contributed by atoms with van der Waals surface area (Å²) in [6.45, 7) is 3.42. The predicted octanol–water partition coefficient (Wildman–Crippen LogP) is -0.751. The molecule has 174 valence electrons. The fourth-order valence-corrected chi connectivity index (χ4v) is 3.11. The number of aliphatic carboxylic acids is 1. The average Bonchev–Trinajstić information content (AvgIpc) is 3.26. The van der Waals surface area contributed by atoms with E-state index in [0.717, 1.165) is 6.42 Å². The van der Waals surface area contributed by atoms with Gasteiger partial charge < -0.3 is 31.8 Å². The molecule has 0 aliphatic rings. The van der Waals surface area contributed by atoms with E-state index in [1.165, 1.54) is 24.3 Å². The number of carbonyl (C=O) groups excluding carboxylic acids is 3. The summed E-state index contributed by atoms with van der Waals surface area (Å²) in [5, 5.41) is 16.9. The Bertz CT molecular complexity index is 729. The molecule has 12 heteroatoms. The summed E-state index contributed by atoms with van der Waals surface area (Å²) in [5.41, 5.74) is 6.39. The van der Waals surface area contributed by atoms with Crippen LogP contribution in [0.25, 0.3) is 0 Å². The molecule has 0 saturated carbocycles. The minimum Gasteiger partial charge on any atom is -0.480 e. The van der Waals surface area contributed by atoms with E-state index in [1.54, 1.807) is 0 Å². The number of hydrogen-bond acceptors (Lipinski definition) is 7. The summed E-state index contributed by atoms with van der Waals surface area (Å²) in [6, 6.07) is -2.86. The largest absolute Gasteiger partial charge is 0.480 e. The highest BCUT2D eigenvalue weighted by Crippen LogP contribution is 2.06. The number of thioether (sulfide) groups is 1. The van der Waals surface area contributed by atoms with Gasteiger partial charge in [0.05, 0.1) is 18.9 Å². The Hall–Kier alpha value is -2.60. The second-order valence-electron chi connectivity index (χ2n) is 7.21. The van der Waals surface area contributed by atoms with Crippen LogP contribution in [0.1, 0.15) is 32.4 Å². The molecule has 0 spiro atoms. The second-order valence-corrected chi connectivity index (χ2v) is 8.20. The molecular formula is C19H32N6O5S. The van der Waals surface area contributed by atoms with Gasteiger partial charge in [0, 0.05) is 18.3 Å². The minimum absolute atomic E-state index is 0.0217. The fourth-order valence-electron chi connectivity index (χ4n) is 2.64. The van der Waals surface area contributed by atoms with Gasteiger partial charge in [-0.15, -0.1) is 0 Å². The van der Waals surface area contributed by atoms with E-state index in [4.69, 9.17) is 5.73 Å². The lowest BCUT2D eigenvalue weighted by atomic mass is 9.99. The molecule has 1 aromatic rings. The van der Waals surface area contributed by atoms with Crippen molar-refractivity contribution >= 4 is 35.5 Å². The van der Waals surface area contributed by atoms with E-state index < -0.39 is 41.8 Å². The molecule has 4 atom stereocenters. The number of H-pyrrole nitrogens is 1. The molecule has 3 amide bonds. The Labute approximate surface area is 185 Å². The smallest absolute Gasteiger partial charge is 0.326 e. The van der Waals surface area contributed by atoms with Crippen molar-refractivity contribution in [2.75, 3.05) is 18.6 Å². The SMILES string of the molecule is CCC(C)C(N)C(=O)NCC(=O)NC(CCSC)C(=O)NC(Cc1cnc[nH]1)C(=O)O. The fraction of sp³-hybridized carbons (Fsp3) is 0.632. The van der Waals surface area contributed by atoms with Crippen LogP contribution in [-0.4, -0.2) is 75.4 Å². The number of hydrogen-bond donors (Lipinski definition) is 6. The zero-order valence-corrected chi connectivity index (χ0v) is 18.8. The molecule has 0 radical (unpaired) electrons. The van der Waals surface area contributed by atoms with Crippen LogP contribution in [0.4, 0.5) is 0 Å². The number of nitrogens with zero attached hydrogens (tertiary/aromatic N) is 1. The first kappa shape index (κ1) is 26.4. The van der Waals surface area contributed by atoms with Gasteiger partial charge in [-0.3, -0.25) is 14.4 Å². The highest BCUT2D eigenvalue weighted by atomic mass is 32.2. The summed E-state index contributed by atoms with van der Waals surface area (Å²) < 4.78 is 0. The van der Waals surface area contributed by atoms with Gasteiger partial charge in [-0.05, 0) is 24.3 Å². The van der Waals surface area contributed by atoms with Crippen LogP contribution in [0.5, 0.6) is 0 Å². The zero-order valence-electron chi connectivity index (χ0n) is 18.0. The second kappa shape index (κ2) is 13.7. The normalized spacial score (nSPS) is 14.7. The Morgan fingerprint density at radius 1 is 1.23 bits per heavy atom. The third-order valence-electron chi connectivity index (χ3n) is 4.84. The Morgan fingerprint density at radius 2 is 1.94 bits per heavy atom. The molecule has 0 aromatic carbocycles. The molecule has 0 fully saturated rings. The van der Waals surface area contributed by atoms with Crippen LogP contribution in [0.3, 0.4) is 0 Å². The first-order valence-corrected chi connectivity index (χ1v) is 11.4. The Kier molecular flexibility index (Phi) is 11.6. The van der Waals surface area contributed by atoms with E-state index in [0.29, 0.717) is 17.9 Å². The number of imidazole rings is 1. The number of carboxylic acids is 1. The summed E-state index contributed by atoms with van der Waals surface area (Å²) in [5.74, 6) is -2.29. The quantitative estimate of drug-likeness (QED) is 0.211. The molecular weight excluding hydrogens is 424 g/mol. The molecule has 0 bridgehead atoms. The molecule has 1 rings (SSSR count). The first-order valence-electron chi connectivity index (χ1n) is 10.0. The number of rotatable bonds is 14. The van der Waals surface area contributed by atoms with Crippen molar-refractivity contribution in [1.82, 2.24) is 25.9 Å². The maximum Gasteiger partial charge on any atom is 0.326 e. The summed E-state index contributed by atoms with van der Waals surface area (Å²) in [4.78, 5) is 55.1. The standard InChI is InChI=1S/C19H32N6O5S/c1-4-11(2)16(20)18(28)22-9-15(26)24-13(5-6-31-3)17(27)25-14(19(29)30)7-12-8-21-10-23-12/h8,10-11,13-14,16H,4-7,9,20H2,1-3H3,(H,21,23)(H,22,28)(H,24,26)(H,25,27)(H,29,30). The van der Waals surface area contributed by atoms with E-state index in [1.807, 2.05) is 20.1 Å². The van der Waals surface area contributed by atoms with Crippen LogP contribution in [-0.2, 0) is 25.6 Å². The average molecular weight is 457 g/mol. The van der Waals surface area contributed by atoms with Gasteiger partial charge >= 0.3 is 5.97 Å². The molecule has 1 heterocycles. The van der Waals surface area contributed by atoms with Crippen molar-refractivity contribution in [2.45, 2.75) is 51.2 Å². The van der Waals surface area contributed by atoms with Crippen LogP contribution in [0.15, 0.2) is 12.5 Å². The Balaban J connectivity index is 2.68. The number of aromatic nitrogens is 2. The topological polar surface area (TPSA) is 179 Å². The molecule has 4 unspecified atom stereocenters. The van der Waals surface area contributed by atoms with E-state index in [2.05, 4.69) is 25.9 Å². The van der Waals surface area contributed by atoms with Crippen molar-refractivity contribution in [2.24, 2.45) is 11.7 Å². The molecule has 0 saturated heterocycles. The minimum atomic E-state index is -1.20. The highest BCUT2D eigenvalue weighted by molar-refractivity contribution is 7.98. The van der Waals surface area contributed by atoms with Crippen LogP contribution < -0.4 is 21.7 Å². The van der Waals surface area contributed by atoms with Crippen LogP contribution in [0, 0.1) is 5.92 Å². The third-order valence-corrected chi connectivity index (χ3v) is 5.48. The van der Waals surface area contributed by atoms with Gasteiger partial charge in [0.1, 0.15) is 12.1 Å². The van der Waals surface area contributed by atoms with Crippen molar-refractivity contribution in [1.29, 1.82) is 0 Å². The number of carbonyl (C=O) groups is 4. The van der Waals surface area contributed by atoms with Gasteiger partial charge in [0.25, 0.3) is 0 Å². The van der Waals surface area contributed by atoms with Crippen LogP contribution >= 0.6 is 11.8 Å². The summed E-state index contributed by atoms with van der Waals surface area (Å²) >= 11 is 1.48. The van der Waals surface area contributed by atoms with Gasteiger partial charge in [-0.25, -0.2) is 9.78 Å². The van der Waals surface area contributed by atoms with Crippen molar-refractivity contribution in [3.8, 4) is 0 Å². The van der Waals surface area contributed by atoms with Crippen molar-refractivity contribution in [3.05, 3.63) is 18.2 Å². The number of nitrogens with two attached hydrogens (primary N) is 1. The lowest BCUT2D eigenvalue weighted by Crippen LogP contribution is -2.54. The van der Waals surface area contributed by atoms with Gasteiger partial charge in [-0.2, -0.15) is 11.8 Å². The molecule has 0 aliphatic carbocycles. The lowest BCUT2D eigenvalue weighted by molar-refractivity contribution is -0.142. The zero-order chi connectivity index (χ0) is 23.4. The number of nitrogens with one attached hydrogen (secondary N) is 4. The Morgan fingerprint density at radius 3 is 2.48 bits per heavy atom. The molecule has 31 heavy (non-hydrogen) atoms. The van der Waals surface area contributed by atoms with Gasteiger partial charge in [0.15, 0.2) is 0 Å². The van der Waals surface area contributed by atoms with Gasteiger partial charge in [0.2, 0.25) is 17.7 Å².